The number of hydrogen-bond acceptors (Lipinski definition) is 7. The van der Waals surface area contributed by atoms with Gasteiger partial charge in [0.15, 0.2) is 0 Å². The SMILES string of the molecule is COc1cc(OC)cc(-c2noc([C@H]3CCCN(S(=O)(=O)c4ccc(C(C)C)cc4)C3)n2)c1. The van der Waals surface area contributed by atoms with Gasteiger partial charge in [-0.15, -0.1) is 0 Å². The van der Waals surface area contributed by atoms with Crippen LogP contribution in [0.25, 0.3) is 11.4 Å². The van der Waals surface area contributed by atoms with Crippen molar-refractivity contribution in [1.82, 2.24) is 14.4 Å². The first-order valence-corrected chi connectivity index (χ1v) is 12.4. The lowest BCUT2D eigenvalue weighted by atomic mass is 10.00. The van der Waals surface area contributed by atoms with Crippen molar-refractivity contribution in [2.75, 3.05) is 27.3 Å². The number of sulfonamides is 1. The summed E-state index contributed by atoms with van der Waals surface area (Å²) in [6.07, 6.45) is 1.50. The number of methoxy groups -OCH3 is 2. The van der Waals surface area contributed by atoms with Crippen molar-refractivity contribution < 1.29 is 22.4 Å². The van der Waals surface area contributed by atoms with Gasteiger partial charge in [0.25, 0.3) is 0 Å². The summed E-state index contributed by atoms with van der Waals surface area (Å²) in [5.41, 5.74) is 1.81. The second-order valence-corrected chi connectivity index (χ2v) is 10.4. The molecule has 176 valence electrons. The Morgan fingerprint density at radius 2 is 1.73 bits per heavy atom. The molecule has 1 saturated heterocycles. The van der Waals surface area contributed by atoms with Crippen LogP contribution in [0, 0.1) is 0 Å². The molecule has 1 fully saturated rings. The van der Waals surface area contributed by atoms with E-state index >= 15 is 0 Å². The van der Waals surface area contributed by atoms with Crippen molar-refractivity contribution in [1.29, 1.82) is 0 Å². The number of rotatable bonds is 7. The fraction of sp³-hybridized carbons (Fsp3) is 0.417. The van der Waals surface area contributed by atoms with Crippen molar-refractivity contribution >= 4 is 10.0 Å². The summed E-state index contributed by atoms with van der Waals surface area (Å²) in [6.45, 7) is 4.94. The molecule has 0 radical (unpaired) electrons. The third kappa shape index (κ3) is 4.89. The van der Waals surface area contributed by atoms with E-state index in [9.17, 15) is 8.42 Å². The molecule has 0 unspecified atom stereocenters. The molecule has 0 spiro atoms. The maximum absolute atomic E-state index is 13.2. The van der Waals surface area contributed by atoms with E-state index in [2.05, 4.69) is 24.0 Å². The molecule has 0 amide bonds. The molecule has 8 nitrogen and oxygen atoms in total. The van der Waals surface area contributed by atoms with Gasteiger partial charge in [0.1, 0.15) is 11.5 Å². The molecule has 1 aliphatic rings. The molecular weight excluding hydrogens is 442 g/mol. The molecule has 1 aliphatic heterocycles. The predicted octanol–water partition coefficient (Wildman–Crippen LogP) is 4.45. The summed E-state index contributed by atoms with van der Waals surface area (Å²) in [4.78, 5) is 4.87. The summed E-state index contributed by atoms with van der Waals surface area (Å²) in [5.74, 6) is 2.26. The van der Waals surface area contributed by atoms with E-state index in [0.29, 0.717) is 52.7 Å². The van der Waals surface area contributed by atoms with Gasteiger partial charge < -0.3 is 14.0 Å². The van der Waals surface area contributed by atoms with Crippen LogP contribution in [0.1, 0.15) is 50.0 Å². The minimum Gasteiger partial charge on any atom is -0.497 e. The molecule has 1 atom stereocenters. The smallest absolute Gasteiger partial charge is 0.243 e. The molecule has 4 rings (SSSR count). The van der Waals surface area contributed by atoms with E-state index in [0.717, 1.165) is 18.4 Å². The van der Waals surface area contributed by atoms with Crippen LogP contribution in [0.2, 0.25) is 0 Å². The molecule has 0 saturated carbocycles. The summed E-state index contributed by atoms with van der Waals surface area (Å²) in [6, 6.07) is 12.5. The van der Waals surface area contributed by atoms with Gasteiger partial charge in [0.05, 0.1) is 25.0 Å². The molecule has 33 heavy (non-hydrogen) atoms. The van der Waals surface area contributed by atoms with Gasteiger partial charge in [0, 0.05) is 24.7 Å². The monoisotopic (exact) mass is 471 g/mol. The Bertz CT molecular complexity index is 1180. The zero-order valence-corrected chi connectivity index (χ0v) is 20.1. The molecule has 1 aromatic heterocycles. The van der Waals surface area contributed by atoms with E-state index in [1.54, 1.807) is 44.6 Å². The van der Waals surface area contributed by atoms with E-state index in [4.69, 9.17) is 14.0 Å². The predicted molar refractivity (Wildman–Crippen MR) is 124 cm³/mol. The standard InChI is InChI=1S/C24H29N3O5S/c1-16(2)17-7-9-22(10-8-17)33(28,29)27-11-5-6-18(15-27)24-25-23(26-32-24)19-12-20(30-3)14-21(13-19)31-4/h7-10,12-14,16,18H,5-6,11,15H2,1-4H3/t18-/m0/s1. The van der Waals surface area contributed by atoms with Gasteiger partial charge >= 0.3 is 0 Å². The number of benzene rings is 2. The second-order valence-electron chi connectivity index (χ2n) is 8.48. The highest BCUT2D eigenvalue weighted by Gasteiger charge is 2.33. The van der Waals surface area contributed by atoms with Gasteiger partial charge in [-0.2, -0.15) is 9.29 Å². The van der Waals surface area contributed by atoms with Crippen LogP contribution in [0.3, 0.4) is 0 Å². The lowest BCUT2D eigenvalue weighted by Crippen LogP contribution is -2.39. The van der Waals surface area contributed by atoms with E-state index in [1.807, 2.05) is 12.1 Å². The topological polar surface area (TPSA) is 94.8 Å². The molecule has 2 aromatic carbocycles. The molecule has 0 aliphatic carbocycles. The van der Waals surface area contributed by atoms with Gasteiger partial charge in [-0.05, 0) is 48.6 Å². The number of ether oxygens (including phenoxy) is 2. The Morgan fingerprint density at radius 3 is 2.33 bits per heavy atom. The molecular formula is C24H29N3O5S. The van der Waals surface area contributed by atoms with Gasteiger partial charge in [-0.1, -0.05) is 31.1 Å². The number of hydrogen-bond donors (Lipinski definition) is 0. The first kappa shape index (κ1) is 23.3. The maximum Gasteiger partial charge on any atom is 0.243 e. The van der Waals surface area contributed by atoms with Crippen LogP contribution in [-0.4, -0.2) is 50.2 Å². The zero-order chi connectivity index (χ0) is 23.6. The quantitative estimate of drug-likeness (QED) is 0.502. The molecule has 2 heterocycles. The minimum atomic E-state index is -3.60. The second kappa shape index (κ2) is 9.52. The van der Waals surface area contributed by atoms with Crippen molar-refractivity contribution in [3.63, 3.8) is 0 Å². The van der Waals surface area contributed by atoms with Crippen LogP contribution in [-0.2, 0) is 10.0 Å². The van der Waals surface area contributed by atoms with Crippen molar-refractivity contribution in [2.45, 2.75) is 43.4 Å². The van der Waals surface area contributed by atoms with E-state index in [1.165, 1.54) is 4.31 Å². The van der Waals surface area contributed by atoms with Crippen LogP contribution in [0.4, 0.5) is 0 Å². The Balaban J connectivity index is 1.54. The van der Waals surface area contributed by atoms with E-state index in [-0.39, 0.29) is 5.92 Å². The minimum absolute atomic E-state index is 0.169. The van der Waals surface area contributed by atoms with Crippen LogP contribution in [0.15, 0.2) is 51.9 Å². The lowest BCUT2D eigenvalue weighted by Gasteiger charge is -2.30. The Kier molecular flexibility index (Phi) is 6.71. The third-order valence-electron chi connectivity index (χ3n) is 5.97. The van der Waals surface area contributed by atoms with Crippen LogP contribution < -0.4 is 9.47 Å². The van der Waals surface area contributed by atoms with Crippen molar-refractivity contribution in [3.8, 4) is 22.9 Å². The summed E-state index contributed by atoms with van der Waals surface area (Å²) >= 11 is 0. The molecule has 3 aromatic rings. The van der Waals surface area contributed by atoms with Crippen molar-refractivity contribution in [3.05, 3.63) is 53.9 Å². The number of piperidine rings is 1. The van der Waals surface area contributed by atoms with Gasteiger partial charge in [-0.25, -0.2) is 8.42 Å². The third-order valence-corrected chi connectivity index (χ3v) is 7.85. The number of nitrogens with zero attached hydrogens (tertiary/aromatic N) is 3. The normalized spacial score (nSPS) is 17.3. The molecule has 0 bridgehead atoms. The molecule has 9 heteroatoms. The van der Waals surface area contributed by atoms with Gasteiger partial charge in [-0.3, -0.25) is 0 Å². The maximum atomic E-state index is 13.2. The Hall–Kier alpha value is -2.91. The van der Waals surface area contributed by atoms with Gasteiger partial charge in [0.2, 0.25) is 21.7 Å². The first-order chi connectivity index (χ1) is 15.8. The highest BCUT2D eigenvalue weighted by Crippen LogP contribution is 2.33. The van der Waals surface area contributed by atoms with Crippen molar-refractivity contribution in [2.24, 2.45) is 0 Å². The Labute approximate surface area is 194 Å². The van der Waals surface area contributed by atoms with E-state index < -0.39 is 10.0 Å². The van der Waals surface area contributed by atoms with Crippen LogP contribution >= 0.6 is 0 Å². The summed E-state index contributed by atoms with van der Waals surface area (Å²) < 4.78 is 44.2. The fourth-order valence-electron chi connectivity index (χ4n) is 3.99. The summed E-state index contributed by atoms with van der Waals surface area (Å²) in [5, 5.41) is 4.12. The average Bonchev–Trinajstić information content (AvgIpc) is 3.34. The Morgan fingerprint density at radius 1 is 1.06 bits per heavy atom. The highest BCUT2D eigenvalue weighted by molar-refractivity contribution is 7.89. The first-order valence-electron chi connectivity index (χ1n) is 11.0. The largest absolute Gasteiger partial charge is 0.497 e. The average molecular weight is 472 g/mol. The summed E-state index contributed by atoms with van der Waals surface area (Å²) in [7, 11) is -0.444. The highest BCUT2D eigenvalue weighted by atomic mass is 32.2. The number of aromatic nitrogens is 2. The molecule has 0 N–H and O–H groups in total. The van der Waals surface area contributed by atoms with Crippen LogP contribution in [0.5, 0.6) is 11.5 Å². The lowest BCUT2D eigenvalue weighted by molar-refractivity contribution is 0.265. The fourth-order valence-corrected chi connectivity index (χ4v) is 5.51. The zero-order valence-electron chi connectivity index (χ0n) is 19.3.